The van der Waals surface area contributed by atoms with Crippen LogP contribution in [0, 0.1) is 0 Å². The van der Waals surface area contributed by atoms with Gasteiger partial charge in [0.05, 0.1) is 28.3 Å². The summed E-state index contributed by atoms with van der Waals surface area (Å²) in [6.45, 7) is 2.55. The molecule has 0 aliphatic carbocycles. The molecule has 0 bridgehead atoms. The maximum atomic E-state index is 13.4. The quantitative estimate of drug-likeness (QED) is 0.269. The fourth-order valence-electron chi connectivity index (χ4n) is 4.23. The molecule has 3 aromatic rings. The van der Waals surface area contributed by atoms with Crippen LogP contribution in [0.2, 0.25) is 0 Å². The van der Waals surface area contributed by atoms with Crippen LogP contribution in [0.25, 0.3) is 0 Å². The number of fused-ring (bicyclic) bond motifs is 1. The van der Waals surface area contributed by atoms with Gasteiger partial charge in [-0.3, -0.25) is 19.3 Å². The van der Waals surface area contributed by atoms with Gasteiger partial charge in [-0.2, -0.15) is 0 Å². The van der Waals surface area contributed by atoms with Gasteiger partial charge in [0.25, 0.3) is 21.8 Å². The number of benzene rings is 3. The van der Waals surface area contributed by atoms with Crippen LogP contribution in [0.1, 0.15) is 53.3 Å². The summed E-state index contributed by atoms with van der Waals surface area (Å²) in [7, 11) is -4.13. The standard InChI is InChI=1S/C28H28N2O6S/c1-2-36-22-18-16-21(17-19-22)30(37(34,35)23-11-5-3-6-12-23)26(31)15-7-4-10-20-29-27(32)24-13-8-9-14-25(24)28(29)33/h3,5-6,8-9,11-14,16-19H,2,4,7,10,15,20H2,1H3. The third-order valence-corrected chi connectivity index (χ3v) is 7.80. The molecular weight excluding hydrogens is 492 g/mol. The maximum absolute atomic E-state index is 13.4. The van der Waals surface area contributed by atoms with Crippen LogP contribution < -0.4 is 9.04 Å². The molecule has 0 saturated carbocycles. The zero-order valence-corrected chi connectivity index (χ0v) is 21.3. The third kappa shape index (κ3) is 5.56. The van der Waals surface area contributed by atoms with Gasteiger partial charge in [-0.1, -0.05) is 36.8 Å². The highest BCUT2D eigenvalue weighted by molar-refractivity contribution is 7.93. The molecule has 1 heterocycles. The van der Waals surface area contributed by atoms with E-state index in [9.17, 15) is 22.8 Å². The molecule has 0 spiro atoms. The molecule has 4 rings (SSSR count). The van der Waals surface area contributed by atoms with Crippen LogP contribution in [0.3, 0.4) is 0 Å². The predicted octanol–water partition coefficient (Wildman–Crippen LogP) is 4.66. The number of unbranched alkanes of at least 4 members (excludes halogenated alkanes) is 2. The third-order valence-electron chi connectivity index (χ3n) is 6.04. The lowest BCUT2D eigenvalue weighted by molar-refractivity contribution is -0.117. The first-order chi connectivity index (χ1) is 17.8. The van der Waals surface area contributed by atoms with Gasteiger partial charge in [-0.15, -0.1) is 0 Å². The first-order valence-corrected chi connectivity index (χ1v) is 13.6. The Morgan fingerprint density at radius 2 is 1.41 bits per heavy atom. The summed E-state index contributed by atoms with van der Waals surface area (Å²) >= 11 is 0. The lowest BCUT2D eigenvalue weighted by atomic mass is 10.1. The van der Waals surface area contributed by atoms with Crippen molar-refractivity contribution in [3.8, 4) is 5.75 Å². The van der Waals surface area contributed by atoms with Crippen LogP contribution in [-0.4, -0.2) is 44.2 Å². The Hall–Kier alpha value is -3.98. The molecule has 1 aliphatic heterocycles. The van der Waals surface area contributed by atoms with E-state index in [2.05, 4.69) is 0 Å². The topological polar surface area (TPSA) is 101 Å². The van der Waals surface area contributed by atoms with Crippen molar-refractivity contribution >= 4 is 33.4 Å². The van der Waals surface area contributed by atoms with E-state index in [4.69, 9.17) is 4.74 Å². The number of amides is 3. The summed E-state index contributed by atoms with van der Waals surface area (Å²) in [5.41, 5.74) is 1.03. The van der Waals surface area contributed by atoms with Crippen molar-refractivity contribution in [3.63, 3.8) is 0 Å². The second kappa shape index (κ2) is 11.4. The Balaban J connectivity index is 1.41. The van der Waals surface area contributed by atoms with Crippen LogP contribution >= 0.6 is 0 Å². The average molecular weight is 521 g/mol. The number of sulfonamides is 1. The lowest BCUT2D eigenvalue weighted by Crippen LogP contribution is -2.37. The van der Waals surface area contributed by atoms with Crippen molar-refractivity contribution in [1.29, 1.82) is 0 Å². The van der Waals surface area contributed by atoms with E-state index in [0.29, 0.717) is 42.7 Å². The Labute approximate surface area is 216 Å². The van der Waals surface area contributed by atoms with Gasteiger partial charge >= 0.3 is 0 Å². The normalized spacial score (nSPS) is 12.9. The van der Waals surface area contributed by atoms with Crippen molar-refractivity contribution < 1.29 is 27.5 Å². The predicted molar refractivity (Wildman–Crippen MR) is 139 cm³/mol. The Morgan fingerprint density at radius 1 is 0.811 bits per heavy atom. The van der Waals surface area contributed by atoms with E-state index >= 15 is 0 Å². The highest BCUT2D eigenvalue weighted by Crippen LogP contribution is 2.28. The Morgan fingerprint density at radius 3 is 2.00 bits per heavy atom. The maximum Gasteiger partial charge on any atom is 0.270 e. The molecule has 0 fully saturated rings. The summed E-state index contributed by atoms with van der Waals surface area (Å²) in [4.78, 5) is 39.5. The number of hydrogen-bond acceptors (Lipinski definition) is 6. The van der Waals surface area contributed by atoms with Crippen molar-refractivity contribution in [2.75, 3.05) is 17.5 Å². The van der Waals surface area contributed by atoms with E-state index in [1.54, 1.807) is 66.7 Å². The minimum absolute atomic E-state index is 0.0125. The molecule has 3 amide bonds. The van der Waals surface area contributed by atoms with E-state index in [-0.39, 0.29) is 35.4 Å². The zero-order valence-electron chi connectivity index (χ0n) is 20.5. The molecule has 0 N–H and O–H groups in total. The van der Waals surface area contributed by atoms with E-state index in [0.717, 1.165) is 4.31 Å². The van der Waals surface area contributed by atoms with Crippen LogP contribution in [-0.2, 0) is 14.8 Å². The summed E-state index contributed by atoms with van der Waals surface area (Å²) < 4.78 is 33.1. The van der Waals surface area contributed by atoms with Crippen molar-refractivity contribution in [2.45, 2.75) is 37.5 Å². The number of ether oxygens (including phenoxy) is 1. The molecule has 37 heavy (non-hydrogen) atoms. The van der Waals surface area contributed by atoms with Gasteiger partial charge in [0.2, 0.25) is 5.91 Å². The largest absolute Gasteiger partial charge is 0.494 e. The van der Waals surface area contributed by atoms with Crippen molar-refractivity contribution in [3.05, 3.63) is 90.0 Å². The average Bonchev–Trinajstić information content (AvgIpc) is 3.15. The number of nitrogens with zero attached hydrogens (tertiary/aromatic N) is 2. The monoisotopic (exact) mass is 520 g/mol. The first-order valence-electron chi connectivity index (χ1n) is 12.2. The van der Waals surface area contributed by atoms with Crippen molar-refractivity contribution in [2.24, 2.45) is 0 Å². The van der Waals surface area contributed by atoms with Crippen LogP contribution in [0.15, 0.2) is 83.8 Å². The van der Waals surface area contributed by atoms with Gasteiger partial charge in [-0.25, -0.2) is 12.7 Å². The van der Waals surface area contributed by atoms with Gasteiger partial charge in [0.15, 0.2) is 0 Å². The molecule has 8 nitrogen and oxygen atoms in total. The van der Waals surface area contributed by atoms with Crippen molar-refractivity contribution in [1.82, 2.24) is 4.90 Å². The molecule has 192 valence electrons. The number of hydrogen-bond donors (Lipinski definition) is 0. The van der Waals surface area contributed by atoms with Gasteiger partial charge < -0.3 is 4.74 Å². The molecule has 3 aromatic carbocycles. The molecule has 0 aromatic heterocycles. The zero-order chi connectivity index (χ0) is 26.4. The SMILES string of the molecule is CCOc1ccc(N(C(=O)CCCCCN2C(=O)c3ccccc3C2=O)S(=O)(=O)c2ccccc2)cc1. The summed E-state index contributed by atoms with van der Waals surface area (Å²) in [6.07, 6.45) is 1.44. The second-order valence-electron chi connectivity index (χ2n) is 8.52. The molecule has 0 saturated heterocycles. The molecule has 9 heteroatoms. The van der Waals surface area contributed by atoms with E-state index < -0.39 is 15.9 Å². The van der Waals surface area contributed by atoms with E-state index in [1.807, 2.05) is 6.92 Å². The van der Waals surface area contributed by atoms with Crippen LogP contribution in [0.4, 0.5) is 5.69 Å². The summed E-state index contributed by atoms with van der Waals surface area (Å²) in [5, 5.41) is 0. The fraction of sp³-hybridized carbons (Fsp3) is 0.250. The molecule has 1 aliphatic rings. The molecule has 0 unspecified atom stereocenters. The lowest BCUT2D eigenvalue weighted by Gasteiger charge is -2.23. The number of carbonyl (C=O) groups is 3. The van der Waals surface area contributed by atoms with Gasteiger partial charge in [0.1, 0.15) is 5.75 Å². The molecule has 0 radical (unpaired) electrons. The van der Waals surface area contributed by atoms with Crippen LogP contribution in [0.5, 0.6) is 5.75 Å². The second-order valence-corrected chi connectivity index (χ2v) is 10.3. The minimum atomic E-state index is -4.13. The Bertz CT molecular complexity index is 1350. The highest BCUT2D eigenvalue weighted by Gasteiger charge is 2.34. The number of carbonyl (C=O) groups excluding carboxylic acids is 3. The Kier molecular flexibility index (Phi) is 8.03. The van der Waals surface area contributed by atoms with Gasteiger partial charge in [0, 0.05) is 13.0 Å². The minimum Gasteiger partial charge on any atom is -0.494 e. The molecule has 0 atom stereocenters. The fourth-order valence-corrected chi connectivity index (χ4v) is 5.70. The number of rotatable bonds is 11. The smallest absolute Gasteiger partial charge is 0.270 e. The first kappa shape index (κ1) is 26.1. The summed E-state index contributed by atoms with van der Waals surface area (Å²) in [5.74, 6) is -0.614. The number of imide groups is 1. The van der Waals surface area contributed by atoms with Gasteiger partial charge in [-0.05, 0) is 68.3 Å². The molecular formula is C28H28N2O6S. The van der Waals surface area contributed by atoms with E-state index in [1.165, 1.54) is 17.0 Å². The summed E-state index contributed by atoms with van der Waals surface area (Å²) in [6, 6.07) is 20.9. The highest BCUT2D eigenvalue weighted by atomic mass is 32.2. The number of anilines is 1.